The van der Waals surface area contributed by atoms with Crippen LogP contribution in [-0.2, 0) is 13.2 Å². The molecule has 0 aliphatic rings. The van der Waals surface area contributed by atoms with Gasteiger partial charge in [0, 0.05) is 34.7 Å². The summed E-state index contributed by atoms with van der Waals surface area (Å²) in [6.45, 7) is 4.63. The van der Waals surface area contributed by atoms with E-state index in [1.54, 1.807) is 29.4 Å². The number of carbonyl (C=O) groups is 1. The molecule has 0 aliphatic carbocycles. The van der Waals surface area contributed by atoms with Crippen LogP contribution in [0.4, 0.5) is 0 Å². The number of hydrogen-bond donors (Lipinski definition) is 2. The number of nitrogens with one attached hydrogen (secondary N) is 1. The lowest BCUT2D eigenvalue weighted by molar-refractivity contribution is 0.0946. The molecule has 0 radical (unpaired) electrons. The highest BCUT2D eigenvalue weighted by molar-refractivity contribution is 6.30. The minimum absolute atomic E-state index is 0.190. The van der Waals surface area contributed by atoms with Crippen LogP contribution in [-0.4, -0.2) is 21.9 Å². The Bertz CT molecular complexity index is 1060. The van der Waals surface area contributed by atoms with Crippen LogP contribution in [0.25, 0.3) is 0 Å². The van der Waals surface area contributed by atoms with Gasteiger partial charge in [0.05, 0.1) is 12.1 Å². The molecule has 3 N–H and O–H groups in total. The van der Waals surface area contributed by atoms with Crippen LogP contribution in [0.2, 0.25) is 5.02 Å². The van der Waals surface area contributed by atoms with Gasteiger partial charge in [-0.05, 0) is 55.8 Å². The van der Waals surface area contributed by atoms with Crippen molar-refractivity contribution in [3.63, 3.8) is 0 Å². The second-order valence-corrected chi connectivity index (χ2v) is 7.90. The van der Waals surface area contributed by atoms with E-state index in [1.165, 1.54) is 6.20 Å². The number of benzene rings is 2. The molecule has 3 aromatic rings. The van der Waals surface area contributed by atoms with Gasteiger partial charge in [-0.3, -0.25) is 9.78 Å². The van der Waals surface area contributed by atoms with Crippen molar-refractivity contribution >= 4 is 17.5 Å². The highest BCUT2D eigenvalue weighted by Gasteiger charge is 2.12. The van der Waals surface area contributed by atoms with Crippen molar-refractivity contribution in [3.05, 3.63) is 107 Å². The summed E-state index contributed by atoms with van der Waals surface area (Å²) >= 11 is 6.21. The Labute approximate surface area is 193 Å². The molecule has 1 aromatic heterocycles. The van der Waals surface area contributed by atoms with E-state index in [9.17, 15) is 4.79 Å². The van der Waals surface area contributed by atoms with Gasteiger partial charge in [-0.2, -0.15) is 0 Å². The van der Waals surface area contributed by atoms with Crippen molar-refractivity contribution in [1.82, 2.24) is 15.3 Å². The zero-order chi connectivity index (χ0) is 22.9. The van der Waals surface area contributed by atoms with Crippen molar-refractivity contribution < 1.29 is 9.53 Å². The molecule has 166 valence electrons. The average molecular weight is 451 g/mol. The van der Waals surface area contributed by atoms with Crippen LogP contribution in [0.15, 0.2) is 84.8 Å². The minimum atomic E-state index is -0.220. The molecule has 3 rings (SSSR count). The Morgan fingerprint density at radius 2 is 2.00 bits per heavy atom. The van der Waals surface area contributed by atoms with Crippen LogP contribution in [0, 0.1) is 0 Å². The molecule has 7 heteroatoms. The first-order chi connectivity index (χ1) is 15.4. The van der Waals surface area contributed by atoms with Crippen molar-refractivity contribution in [1.29, 1.82) is 0 Å². The number of aromatic nitrogens is 1. The maximum atomic E-state index is 12.3. The SMILES string of the molecule is C/C(=C/C(C)NC(=O)c1cccnc1)N(N)Cc1cc(Cl)ccc1OCc1ccccc1. The smallest absolute Gasteiger partial charge is 0.253 e. The van der Waals surface area contributed by atoms with Crippen molar-refractivity contribution in [3.8, 4) is 5.75 Å². The number of nitrogens with two attached hydrogens (primary N) is 1. The predicted octanol–water partition coefficient (Wildman–Crippen LogP) is 4.71. The van der Waals surface area contributed by atoms with E-state index in [2.05, 4.69) is 10.3 Å². The fraction of sp³-hybridized carbons (Fsp3) is 0.200. The Morgan fingerprint density at radius 3 is 2.72 bits per heavy atom. The first-order valence-corrected chi connectivity index (χ1v) is 10.7. The van der Waals surface area contributed by atoms with Gasteiger partial charge >= 0.3 is 0 Å². The third-order valence-electron chi connectivity index (χ3n) is 4.83. The van der Waals surface area contributed by atoms with Crippen molar-refractivity contribution in [2.75, 3.05) is 0 Å². The standard InChI is InChI=1S/C25H27ClN4O2/c1-18(29-25(31)21-9-6-12-28-15-21)13-19(2)30(27)16-22-14-23(26)10-11-24(22)32-17-20-7-4-3-5-8-20/h3-15,18H,16-17,27H2,1-2H3,(H,29,31)/b19-13-. The van der Waals surface area contributed by atoms with Crippen LogP contribution in [0.3, 0.4) is 0 Å². The summed E-state index contributed by atoms with van der Waals surface area (Å²) in [6, 6.07) is 18.7. The van der Waals surface area contributed by atoms with Crippen LogP contribution in [0.1, 0.15) is 35.3 Å². The molecule has 1 amide bonds. The Kier molecular flexibility index (Phi) is 8.25. The van der Waals surface area contributed by atoms with Gasteiger partial charge in [0.2, 0.25) is 0 Å². The first kappa shape index (κ1) is 23.3. The zero-order valence-corrected chi connectivity index (χ0v) is 18.9. The summed E-state index contributed by atoms with van der Waals surface area (Å²) in [5, 5.41) is 5.14. The monoisotopic (exact) mass is 450 g/mol. The van der Waals surface area contributed by atoms with Gasteiger partial charge < -0.3 is 15.1 Å². The number of pyridine rings is 1. The van der Waals surface area contributed by atoms with E-state index >= 15 is 0 Å². The summed E-state index contributed by atoms with van der Waals surface area (Å²) in [7, 11) is 0. The fourth-order valence-electron chi connectivity index (χ4n) is 3.14. The lowest BCUT2D eigenvalue weighted by atomic mass is 10.1. The number of nitrogens with zero attached hydrogens (tertiary/aromatic N) is 2. The number of hydrogen-bond acceptors (Lipinski definition) is 5. The average Bonchev–Trinajstić information content (AvgIpc) is 2.79. The molecule has 1 unspecified atom stereocenters. The Hall–Kier alpha value is -3.35. The molecule has 1 heterocycles. The van der Waals surface area contributed by atoms with Gasteiger partial charge in [-0.25, -0.2) is 5.84 Å². The summed E-state index contributed by atoms with van der Waals surface area (Å²) < 4.78 is 6.02. The topological polar surface area (TPSA) is 80.5 Å². The number of allylic oxidation sites excluding steroid dienone is 1. The van der Waals surface area contributed by atoms with Gasteiger partial charge in [0.25, 0.3) is 5.91 Å². The maximum absolute atomic E-state index is 12.3. The molecule has 0 saturated carbocycles. The van der Waals surface area contributed by atoms with Crippen LogP contribution in [0.5, 0.6) is 5.75 Å². The molecule has 0 fully saturated rings. The van der Waals surface area contributed by atoms with Crippen LogP contribution < -0.4 is 15.9 Å². The molecule has 0 saturated heterocycles. The molecule has 0 spiro atoms. The first-order valence-electron chi connectivity index (χ1n) is 10.3. The van der Waals surface area contributed by atoms with E-state index in [1.807, 2.05) is 62.4 Å². The van der Waals surface area contributed by atoms with E-state index in [0.29, 0.717) is 23.7 Å². The van der Waals surface area contributed by atoms with Gasteiger partial charge in [-0.15, -0.1) is 0 Å². The number of halogens is 1. The molecule has 6 nitrogen and oxygen atoms in total. The number of carbonyl (C=O) groups excluding carboxylic acids is 1. The predicted molar refractivity (Wildman–Crippen MR) is 127 cm³/mol. The molecule has 2 aromatic carbocycles. The molecule has 1 atom stereocenters. The van der Waals surface area contributed by atoms with Crippen molar-refractivity contribution in [2.45, 2.75) is 33.0 Å². The largest absolute Gasteiger partial charge is 0.489 e. The zero-order valence-electron chi connectivity index (χ0n) is 18.2. The van der Waals surface area contributed by atoms with Crippen molar-refractivity contribution in [2.24, 2.45) is 5.84 Å². The number of amides is 1. The lowest BCUT2D eigenvalue weighted by Gasteiger charge is -2.23. The highest BCUT2D eigenvalue weighted by atomic mass is 35.5. The molecule has 32 heavy (non-hydrogen) atoms. The van der Waals surface area contributed by atoms with E-state index < -0.39 is 0 Å². The lowest BCUT2D eigenvalue weighted by Crippen LogP contribution is -2.34. The normalized spacial score (nSPS) is 12.2. The van der Waals surface area contributed by atoms with Gasteiger partial charge in [-0.1, -0.05) is 41.9 Å². The Morgan fingerprint density at radius 1 is 1.22 bits per heavy atom. The second kappa shape index (κ2) is 11.3. The minimum Gasteiger partial charge on any atom is -0.489 e. The fourth-order valence-corrected chi connectivity index (χ4v) is 3.34. The quantitative estimate of drug-likeness (QED) is 0.364. The number of ether oxygens (including phenoxy) is 1. The third kappa shape index (κ3) is 6.83. The second-order valence-electron chi connectivity index (χ2n) is 7.47. The third-order valence-corrected chi connectivity index (χ3v) is 5.06. The molecule has 0 bridgehead atoms. The maximum Gasteiger partial charge on any atom is 0.253 e. The highest BCUT2D eigenvalue weighted by Crippen LogP contribution is 2.25. The van der Waals surface area contributed by atoms with Gasteiger partial charge in [0.15, 0.2) is 0 Å². The van der Waals surface area contributed by atoms with Crippen LogP contribution >= 0.6 is 11.6 Å². The number of rotatable bonds is 9. The molecule has 0 aliphatic heterocycles. The summed E-state index contributed by atoms with van der Waals surface area (Å²) in [5.41, 5.74) is 3.26. The summed E-state index contributed by atoms with van der Waals surface area (Å²) in [4.78, 5) is 16.3. The number of hydrazine groups is 1. The van der Waals surface area contributed by atoms with Gasteiger partial charge in [0.1, 0.15) is 12.4 Å². The van der Waals surface area contributed by atoms with E-state index in [0.717, 1.165) is 22.6 Å². The summed E-state index contributed by atoms with van der Waals surface area (Å²) in [5.74, 6) is 6.84. The Balaban J connectivity index is 1.64. The molecular weight excluding hydrogens is 424 g/mol. The van der Waals surface area contributed by atoms with E-state index in [-0.39, 0.29) is 11.9 Å². The van der Waals surface area contributed by atoms with E-state index in [4.69, 9.17) is 22.2 Å². The molecular formula is C25H27ClN4O2. The summed E-state index contributed by atoms with van der Waals surface area (Å²) in [6.07, 6.45) is 5.05.